The summed E-state index contributed by atoms with van der Waals surface area (Å²) in [6.45, 7) is 2.53. The van der Waals surface area contributed by atoms with E-state index in [4.69, 9.17) is 16.3 Å². The van der Waals surface area contributed by atoms with Crippen LogP contribution in [0.4, 0.5) is 18.0 Å². The molecule has 2 aliphatic rings. The van der Waals surface area contributed by atoms with Crippen molar-refractivity contribution in [1.29, 1.82) is 0 Å². The van der Waals surface area contributed by atoms with Crippen molar-refractivity contribution >= 4 is 28.6 Å². The number of rotatable bonds is 3. The molecule has 2 aromatic rings. The van der Waals surface area contributed by atoms with Crippen LogP contribution >= 0.6 is 11.6 Å². The zero-order chi connectivity index (χ0) is 21.5. The fourth-order valence-electron chi connectivity index (χ4n) is 4.33. The number of hydrogen-bond donors (Lipinski definition) is 1. The summed E-state index contributed by atoms with van der Waals surface area (Å²) in [4.78, 5) is 17.7. The van der Waals surface area contributed by atoms with Crippen LogP contribution in [0.2, 0.25) is 5.02 Å². The van der Waals surface area contributed by atoms with Crippen molar-refractivity contribution in [3.8, 4) is 0 Å². The molecule has 1 aromatic carbocycles. The fraction of sp³-hybridized carbons (Fsp3) is 0.409. The number of alkyl halides is 3. The molecule has 1 amide bonds. The minimum absolute atomic E-state index is 0.269. The largest absolute Gasteiger partial charge is 0.449 e. The minimum atomic E-state index is -4.44. The van der Waals surface area contributed by atoms with Gasteiger partial charge in [-0.3, -0.25) is 4.90 Å². The summed E-state index contributed by atoms with van der Waals surface area (Å²) in [5, 5.41) is 1.53. The number of aromatic nitrogens is 1. The van der Waals surface area contributed by atoms with Gasteiger partial charge in [-0.15, -0.1) is 0 Å². The standard InChI is InChI=1S/C22H22ClF3N2O2/c1-2-10-30-21(29)28-9-8-16-17-12-15(23)6-7-18(17)27-19(16)20(28)13-4-3-5-14(11-13)22(24,25)26/h3,5-7,11-13,20,27H,2,4,8-10H2,1H3. The van der Waals surface area contributed by atoms with Gasteiger partial charge in [-0.1, -0.05) is 36.8 Å². The van der Waals surface area contributed by atoms with Crippen LogP contribution in [0.25, 0.3) is 10.9 Å². The predicted octanol–water partition coefficient (Wildman–Crippen LogP) is 6.33. The second-order valence-corrected chi connectivity index (χ2v) is 8.07. The van der Waals surface area contributed by atoms with Crippen molar-refractivity contribution < 1.29 is 22.7 Å². The Morgan fingerprint density at radius 3 is 2.90 bits per heavy atom. The van der Waals surface area contributed by atoms with Crippen LogP contribution in [0.15, 0.2) is 42.0 Å². The van der Waals surface area contributed by atoms with E-state index >= 15 is 0 Å². The van der Waals surface area contributed by atoms with Crippen LogP contribution < -0.4 is 0 Å². The molecule has 2 unspecified atom stereocenters. The third kappa shape index (κ3) is 3.83. The fourth-order valence-corrected chi connectivity index (χ4v) is 4.50. The molecule has 8 heteroatoms. The Hall–Kier alpha value is -2.41. The van der Waals surface area contributed by atoms with Gasteiger partial charge < -0.3 is 9.72 Å². The van der Waals surface area contributed by atoms with Gasteiger partial charge in [-0.05, 0) is 43.0 Å². The van der Waals surface area contributed by atoms with E-state index in [0.29, 0.717) is 30.8 Å². The number of amides is 1. The lowest BCUT2D eigenvalue weighted by atomic mass is 9.83. The highest BCUT2D eigenvalue weighted by Crippen LogP contribution is 2.44. The second-order valence-electron chi connectivity index (χ2n) is 7.63. The summed E-state index contributed by atoms with van der Waals surface area (Å²) in [5.41, 5.74) is 1.91. The first-order valence-corrected chi connectivity index (χ1v) is 10.4. The van der Waals surface area contributed by atoms with E-state index in [1.807, 2.05) is 19.1 Å². The highest BCUT2D eigenvalue weighted by molar-refractivity contribution is 6.31. The predicted molar refractivity (Wildman–Crippen MR) is 109 cm³/mol. The number of nitrogens with zero attached hydrogens (tertiary/aromatic N) is 1. The monoisotopic (exact) mass is 438 g/mol. The molecule has 0 bridgehead atoms. The molecule has 4 rings (SSSR count). The summed E-state index contributed by atoms with van der Waals surface area (Å²) < 4.78 is 45.4. The molecule has 0 saturated heterocycles. The van der Waals surface area contributed by atoms with Gasteiger partial charge in [0.1, 0.15) is 0 Å². The number of nitrogens with one attached hydrogen (secondary N) is 1. The van der Waals surface area contributed by atoms with E-state index < -0.39 is 29.8 Å². The molecule has 0 radical (unpaired) electrons. The minimum Gasteiger partial charge on any atom is -0.449 e. The van der Waals surface area contributed by atoms with Crippen LogP contribution in [0.5, 0.6) is 0 Å². The number of benzene rings is 1. The molecular formula is C22H22ClF3N2O2. The molecule has 160 valence electrons. The maximum Gasteiger partial charge on any atom is 0.416 e. The smallest absolute Gasteiger partial charge is 0.416 e. The third-order valence-electron chi connectivity index (χ3n) is 5.63. The number of halogens is 4. The van der Waals surface area contributed by atoms with E-state index in [-0.39, 0.29) is 6.61 Å². The van der Waals surface area contributed by atoms with Gasteiger partial charge in [-0.2, -0.15) is 13.2 Å². The Morgan fingerprint density at radius 2 is 2.17 bits per heavy atom. The molecule has 0 saturated carbocycles. The number of aromatic amines is 1. The van der Waals surface area contributed by atoms with Crippen molar-refractivity contribution in [3.05, 3.63) is 58.3 Å². The summed E-state index contributed by atoms with van der Waals surface area (Å²) in [5.74, 6) is -0.525. The first-order chi connectivity index (χ1) is 14.3. The van der Waals surface area contributed by atoms with E-state index in [0.717, 1.165) is 28.2 Å². The SMILES string of the molecule is CCCOC(=O)N1CCc2c([nH]c3ccc(Cl)cc23)C1C1C=C(C(F)(F)F)C=CC1. The molecule has 1 aliphatic heterocycles. The highest BCUT2D eigenvalue weighted by atomic mass is 35.5. The van der Waals surface area contributed by atoms with E-state index in [1.165, 1.54) is 12.2 Å². The number of carbonyl (C=O) groups is 1. The van der Waals surface area contributed by atoms with E-state index in [1.54, 1.807) is 11.0 Å². The Morgan fingerprint density at radius 1 is 1.37 bits per heavy atom. The van der Waals surface area contributed by atoms with Crippen molar-refractivity contribution in [2.24, 2.45) is 5.92 Å². The number of allylic oxidation sites excluding steroid dienone is 3. The van der Waals surface area contributed by atoms with Crippen molar-refractivity contribution in [2.45, 2.75) is 38.4 Å². The lowest BCUT2D eigenvalue weighted by Crippen LogP contribution is -2.43. The maximum absolute atomic E-state index is 13.4. The van der Waals surface area contributed by atoms with E-state index in [2.05, 4.69) is 4.98 Å². The summed E-state index contributed by atoms with van der Waals surface area (Å²) in [7, 11) is 0. The first-order valence-electron chi connectivity index (χ1n) is 9.98. The molecular weight excluding hydrogens is 417 g/mol. The molecule has 1 aromatic heterocycles. The van der Waals surface area contributed by atoms with Crippen molar-refractivity contribution in [3.63, 3.8) is 0 Å². The van der Waals surface area contributed by atoms with Gasteiger partial charge >= 0.3 is 12.3 Å². The Bertz CT molecular complexity index is 1030. The molecule has 0 spiro atoms. The molecule has 4 nitrogen and oxygen atoms in total. The average Bonchev–Trinajstić information content (AvgIpc) is 3.08. The van der Waals surface area contributed by atoms with Crippen LogP contribution in [0.1, 0.15) is 37.1 Å². The molecule has 2 atom stereocenters. The van der Waals surface area contributed by atoms with Crippen LogP contribution in [0, 0.1) is 5.92 Å². The van der Waals surface area contributed by atoms with Gasteiger partial charge in [0.05, 0.1) is 18.2 Å². The summed E-state index contributed by atoms with van der Waals surface area (Å²) >= 11 is 6.17. The number of carbonyl (C=O) groups excluding carboxylic acids is 1. The van der Waals surface area contributed by atoms with Gasteiger partial charge in [0.15, 0.2) is 0 Å². The summed E-state index contributed by atoms with van der Waals surface area (Å²) in [6, 6.07) is 4.89. The zero-order valence-corrected chi connectivity index (χ0v) is 17.2. The first kappa shape index (κ1) is 20.8. The van der Waals surface area contributed by atoms with Crippen LogP contribution in [0.3, 0.4) is 0 Å². The maximum atomic E-state index is 13.4. The molecule has 1 aliphatic carbocycles. The van der Waals surface area contributed by atoms with Gasteiger partial charge in [0.2, 0.25) is 0 Å². The Labute approximate surface area is 177 Å². The number of fused-ring (bicyclic) bond motifs is 3. The Kier molecular flexibility index (Phi) is 5.57. The molecule has 2 heterocycles. The quantitative estimate of drug-likeness (QED) is 0.608. The van der Waals surface area contributed by atoms with Crippen LogP contribution in [-0.4, -0.2) is 35.3 Å². The number of hydrogen-bond acceptors (Lipinski definition) is 2. The number of ether oxygens (including phenoxy) is 1. The highest BCUT2D eigenvalue weighted by Gasteiger charge is 2.41. The Balaban J connectivity index is 1.80. The van der Waals surface area contributed by atoms with Crippen molar-refractivity contribution in [1.82, 2.24) is 9.88 Å². The summed E-state index contributed by atoms with van der Waals surface area (Å²) in [6.07, 6.45) is 0.572. The van der Waals surface area contributed by atoms with Gasteiger partial charge in [0, 0.05) is 34.1 Å². The lowest BCUT2D eigenvalue weighted by molar-refractivity contribution is -0.0891. The number of H-pyrrole nitrogens is 1. The zero-order valence-electron chi connectivity index (χ0n) is 16.4. The van der Waals surface area contributed by atoms with E-state index in [9.17, 15) is 18.0 Å². The lowest BCUT2D eigenvalue weighted by Gasteiger charge is -2.39. The van der Waals surface area contributed by atoms with Crippen molar-refractivity contribution in [2.75, 3.05) is 13.2 Å². The van der Waals surface area contributed by atoms with Gasteiger partial charge in [0.25, 0.3) is 0 Å². The van der Waals surface area contributed by atoms with Gasteiger partial charge in [-0.25, -0.2) is 4.79 Å². The second kappa shape index (κ2) is 8.02. The third-order valence-corrected chi connectivity index (χ3v) is 5.87. The molecule has 1 N–H and O–H groups in total. The van der Waals surface area contributed by atoms with Crippen LogP contribution in [-0.2, 0) is 11.2 Å². The molecule has 0 fully saturated rings. The average molecular weight is 439 g/mol. The topological polar surface area (TPSA) is 45.3 Å². The molecule has 30 heavy (non-hydrogen) atoms. The normalized spacial score (nSPS) is 21.5.